The molecular weight excluding hydrogens is 282 g/mol. The standard InChI is InChI=1S/C17H15NO2S/c1-14-7-9-17(10-8-14)21(19,20)18-12-11-16(13-18)15-5-3-2-4-6-15/h2-13H,1H3. The van der Waals surface area contributed by atoms with Crippen LogP contribution in [0.15, 0.2) is 78.0 Å². The molecule has 1 heterocycles. The second-order valence-electron chi connectivity index (χ2n) is 4.91. The quantitative estimate of drug-likeness (QED) is 0.739. The molecule has 0 aliphatic heterocycles. The summed E-state index contributed by atoms with van der Waals surface area (Å²) in [6, 6.07) is 18.4. The number of nitrogens with zero attached hydrogens (tertiary/aromatic N) is 1. The van der Waals surface area contributed by atoms with E-state index in [0.29, 0.717) is 4.90 Å². The molecule has 2 aromatic carbocycles. The van der Waals surface area contributed by atoms with Crippen LogP contribution in [0.1, 0.15) is 5.56 Å². The highest BCUT2D eigenvalue weighted by atomic mass is 32.2. The molecule has 3 aromatic rings. The molecule has 0 atom stereocenters. The van der Waals surface area contributed by atoms with E-state index in [-0.39, 0.29) is 0 Å². The zero-order chi connectivity index (χ0) is 14.9. The molecule has 21 heavy (non-hydrogen) atoms. The summed E-state index contributed by atoms with van der Waals surface area (Å²) in [5.41, 5.74) is 2.91. The topological polar surface area (TPSA) is 39.1 Å². The SMILES string of the molecule is Cc1ccc(S(=O)(=O)n2ccc(-c3ccccc3)c2)cc1. The molecule has 0 saturated carbocycles. The lowest BCUT2D eigenvalue weighted by molar-refractivity contribution is 0.587. The Morgan fingerprint density at radius 3 is 2.14 bits per heavy atom. The van der Waals surface area contributed by atoms with E-state index < -0.39 is 10.0 Å². The Balaban J connectivity index is 2.01. The van der Waals surface area contributed by atoms with Crippen LogP contribution in [0.3, 0.4) is 0 Å². The van der Waals surface area contributed by atoms with Gasteiger partial charge in [0.05, 0.1) is 4.90 Å². The van der Waals surface area contributed by atoms with Gasteiger partial charge in [0.2, 0.25) is 0 Å². The van der Waals surface area contributed by atoms with Gasteiger partial charge in [-0.3, -0.25) is 0 Å². The van der Waals surface area contributed by atoms with Crippen LogP contribution in [0.5, 0.6) is 0 Å². The Bertz CT molecular complexity index is 847. The summed E-state index contributed by atoms with van der Waals surface area (Å²) in [5.74, 6) is 0. The molecule has 1 aromatic heterocycles. The van der Waals surface area contributed by atoms with Crippen LogP contribution in [0.4, 0.5) is 0 Å². The van der Waals surface area contributed by atoms with Crippen molar-refractivity contribution in [2.75, 3.05) is 0 Å². The average Bonchev–Trinajstić information content (AvgIpc) is 2.99. The molecule has 0 spiro atoms. The molecule has 0 fully saturated rings. The Morgan fingerprint density at radius 2 is 1.48 bits per heavy atom. The van der Waals surface area contributed by atoms with E-state index in [1.807, 2.05) is 37.3 Å². The van der Waals surface area contributed by atoms with E-state index in [4.69, 9.17) is 0 Å². The normalized spacial score (nSPS) is 11.5. The monoisotopic (exact) mass is 297 g/mol. The first kappa shape index (κ1) is 13.6. The minimum Gasteiger partial charge on any atom is -0.248 e. The van der Waals surface area contributed by atoms with Crippen molar-refractivity contribution in [3.05, 3.63) is 78.6 Å². The molecule has 0 aliphatic rings. The van der Waals surface area contributed by atoms with Gasteiger partial charge < -0.3 is 0 Å². The van der Waals surface area contributed by atoms with E-state index in [2.05, 4.69) is 0 Å². The molecule has 3 rings (SSSR count). The molecule has 0 N–H and O–H groups in total. The molecule has 106 valence electrons. The van der Waals surface area contributed by atoms with Gasteiger partial charge in [-0.25, -0.2) is 12.4 Å². The lowest BCUT2D eigenvalue weighted by Crippen LogP contribution is -2.10. The molecule has 0 amide bonds. The molecular formula is C17H15NO2S. The van der Waals surface area contributed by atoms with Crippen molar-refractivity contribution < 1.29 is 8.42 Å². The van der Waals surface area contributed by atoms with Crippen LogP contribution in [0.25, 0.3) is 11.1 Å². The highest BCUT2D eigenvalue weighted by Crippen LogP contribution is 2.22. The average molecular weight is 297 g/mol. The number of aromatic nitrogens is 1. The van der Waals surface area contributed by atoms with Crippen LogP contribution >= 0.6 is 0 Å². The van der Waals surface area contributed by atoms with E-state index in [1.165, 1.54) is 3.97 Å². The zero-order valence-electron chi connectivity index (χ0n) is 11.6. The second-order valence-corrected chi connectivity index (χ2v) is 6.76. The summed E-state index contributed by atoms with van der Waals surface area (Å²) in [6.07, 6.45) is 3.22. The van der Waals surface area contributed by atoms with Crippen molar-refractivity contribution in [2.24, 2.45) is 0 Å². The molecule has 4 heteroatoms. The third kappa shape index (κ3) is 2.62. The van der Waals surface area contributed by atoms with E-state index in [9.17, 15) is 8.42 Å². The van der Waals surface area contributed by atoms with Crippen LogP contribution in [-0.2, 0) is 10.0 Å². The van der Waals surface area contributed by atoms with Crippen molar-refractivity contribution in [3.8, 4) is 11.1 Å². The molecule has 0 aliphatic carbocycles. The van der Waals surface area contributed by atoms with Crippen molar-refractivity contribution in [1.82, 2.24) is 3.97 Å². The molecule has 0 bridgehead atoms. The summed E-state index contributed by atoms with van der Waals surface area (Å²) < 4.78 is 26.4. The maximum absolute atomic E-state index is 12.6. The fourth-order valence-corrected chi connectivity index (χ4v) is 3.36. The Hall–Kier alpha value is -2.33. The van der Waals surface area contributed by atoms with Crippen molar-refractivity contribution in [2.45, 2.75) is 11.8 Å². The number of hydrogen-bond donors (Lipinski definition) is 0. The summed E-state index contributed by atoms with van der Waals surface area (Å²) in [5, 5.41) is 0. The minimum absolute atomic E-state index is 0.295. The van der Waals surface area contributed by atoms with Crippen molar-refractivity contribution in [1.29, 1.82) is 0 Å². The van der Waals surface area contributed by atoms with Gasteiger partial charge in [-0.1, -0.05) is 48.0 Å². The van der Waals surface area contributed by atoms with Gasteiger partial charge in [0.15, 0.2) is 0 Å². The van der Waals surface area contributed by atoms with Gasteiger partial charge in [-0.15, -0.1) is 0 Å². The van der Waals surface area contributed by atoms with Crippen LogP contribution < -0.4 is 0 Å². The van der Waals surface area contributed by atoms with Gasteiger partial charge in [0.25, 0.3) is 10.0 Å². The first-order chi connectivity index (χ1) is 10.1. The van der Waals surface area contributed by atoms with E-state index >= 15 is 0 Å². The molecule has 0 saturated heterocycles. The van der Waals surface area contributed by atoms with E-state index in [0.717, 1.165) is 16.7 Å². The number of hydrogen-bond acceptors (Lipinski definition) is 2. The predicted octanol–water partition coefficient (Wildman–Crippen LogP) is 3.70. The lowest BCUT2D eigenvalue weighted by atomic mass is 10.1. The summed E-state index contributed by atoms with van der Waals surface area (Å²) in [6.45, 7) is 1.93. The second kappa shape index (κ2) is 5.22. The maximum atomic E-state index is 12.6. The first-order valence-electron chi connectivity index (χ1n) is 6.63. The summed E-state index contributed by atoms with van der Waals surface area (Å²) in [7, 11) is -3.53. The van der Waals surface area contributed by atoms with Gasteiger partial charge in [0, 0.05) is 18.0 Å². The molecule has 0 radical (unpaired) electrons. The van der Waals surface area contributed by atoms with Crippen molar-refractivity contribution >= 4 is 10.0 Å². The van der Waals surface area contributed by atoms with Gasteiger partial charge in [-0.05, 0) is 30.7 Å². The minimum atomic E-state index is -3.53. The Morgan fingerprint density at radius 1 is 0.810 bits per heavy atom. The fraction of sp³-hybridized carbons (Fsp3) is 0.0588. The van der Waals surface area contributed by atoms with Crippen LogP contribution in [0, 0.1) is 6.92 Å². The summed E-state index contributed by atoms with van der Waals surface area (Å²) >= 11 is 0. The molecule has 0 unspecified atom stereocenters. The van der Waals surface area contributed by atoms with Gasteiger partial charge in [-0.2, -0.15) is 0 Å². The highest BCUT2D eigenvalue weighted by Gasteiger charge is 2.16. The lowest BCUT2D eigenvalue weighted by Gasteiger charge is -2.05. The van der Waals surface area contributed by atoms with Crippen molar-refractivity contribution in [3.63, 3.8) is 0 Å². The Labute approximate surface area is 124 Å². The first-order valence-corrected chi connectivity index (χ1v) is 8.07. The number of benzene rings is 2. The summed E-state index contributed by atoms with van der Waals surface area (Å²) in [4.78, 5) is 0.295. The molecule has 3 nitrogen and oxygen atoms in total. The number of aryl methyl sites for hydroxylation is 1. The maximum Gasteiger partial charge on any atom is 0.267 e. The predicted molar refractivity (Wildman–Crippen MR) is 83.6 cm³/mol. The van der Waals surface area contributed by atoms with Crippen LogP contribution in [-0.4, -0.2) is 12.4 Å². The highest BCUT2D eigenvalue weighted by molar-refractivity contribution is 7.90. The van der Waals surface area contributed by atoms with Gasteiger partial charge >= 0.3 is 0 Å². The van der Waals surface area contributed by atoms with Crippen LogP contribution in [0.2, 0.25) is 0 Å². The van der Waals surface area contributed by atoms with Gasteiger partial charge in [0.1, 0.15) is 0 Å². The fourth-order valence-electron chi connectivity index (χ4n) is 2.16. The third-order valence-corrected chi connectivity index (χ3v) is 5.02. The zero-order valence-corrected chi connectivity index (χ0v) is 12.4. The van der Waals surface area contributed by atoms with E-state index in [1.54, 1.807) is 42.7 Å². The Kier molecular flexibility index (Phi) is 3.39. The largest absolute Gasteiger partial charge is 0.267 e. The third-order valence-electron chi connectivity index (χ3n) is 3.37. The number of rotatable bonds is 3. The smallest absolute Gasteiger partial charge is 0.248 e.